The topological polar surface area (TPSA) is 112 Å². The Morgan fingerprint density at radius 2 is 2.00 bits per heavy atom. The van der Waals surface area contributed by atoms with E-state index in [9.17, 15) is 19.5 Å². The van der Waals surface area contributed by atoms with Crippen LogP contribution >= 0.6 is 0 Å². The summed E-state index contributed by atoms with van der Waals surface area (Å²) in [5, 5.41) is 12.0. The fourth-order valence-corrected chi connectivity index (χ4v) is 4.85. The Bertz CT molecular complexity index is 954. The van der Waals surface area contributed by atoms with Gasteiger partial charge in [-0.15, -0.1) is 0 Å². The van der Waals surface area contributed by atoms with Crippen LogP contribution in [0, 0.1) is 6.92 Å². The number of fused-ring (bicyclic) bond motifs is 2. The van der Waals surface area contributed by atoms with E-state index in [1.54, 1.807) is 4.90 Å². The zero-order valence-corrected chi connectivity index (χ0v) is 19.1. The van der Waals surface area contributed by atoms with Gasteiger partial charge in [0.1, 0.15) is 18.8 Å². The Labute approximate surface area is 193 Å². The molecule has 0 bridgehead atoms. The molecule has 2 N–H and O–H groups in total. The van der Waals surface area contributed by atoms with E-state index in [1.165, 1.54) is 0 Å². The summed E-state index contributed by atoms with van der Waals surface area (Å²) in [6, 6.07) is 3.92. The lowest BCUT2D eigenvalue weighted by molar-refractivity contribution is -0.146. The van der Waals surface area contributed by atoms with Crippen LogP contribution in [0.5, 0.6) is 5.75 Å². The maximum Gasteiger partial charge on any atom is 0.323 e. The molecule has 4 rings (SSSR count). The summed E-state index contributed by atoms with van der Waals surface area (Å²) < 4.78 is 5.92. The van der Waals surface area contributed by atoms with E-state index in [4.69, 9.17) is 4.74 Å². The van der Waals surface area contributed by atoms with E-state index in [0.717, 1.165) is 54.7 Å². The number of ether oxygens (including phenoxy) is 1. The molecule has 1 aromatic rings. The maximum absolute atomic E-state index is 12.7. The molecule has 0 spiro atoms. The predicted octanol–water partition coefficient (Wildman–Crippen LogP) is 2.72. The number of amides is 2. The lowest BCUT2D eigenvalue weighted by Crippen LogP contribution is -2.44. The van der Waals surface area contributed by atoms with Crippen molar-refractivity contribution >= 4 is 29.4 Å². The van der Waals surface area contributed by atoms with Crippen LogP contribution in [0.25, 0.3) is 0 Å². The minimum absolute atomic E-state index is 0.0457. The van der Waals surface area contributed by atoms with Gasteiger partial charge in [-0.2, -0.15) is 0 Å². The Morgan fingerprint density at radius 1 is 1.21 bits per heavy atom. The molecule has 2 fully saturated rings. The summed E-state index contributed by atoms with van der Waals surface area (Å²) in [6.07, 6.45) is 6.73. The van der Waals surface area contributed by atoms with Gasteiger partial charge in [-0.3, -0.25) is 19.7 Å². The van der Waals surface area contributed by atoms with Crippen LogP contribution in [-0.2, 0) is 20.9 Å². The van der Waals surface area contributed by atoms with E-state index in [0.29, 0.717) is 44.9 Å². The quantitative estimate of drug-likeness (QED) is 0.553. The molecule has 0 radical (unpaired) electrons. The summed E-state index contributed by atoms with van der Waals surface area (Å²) in [4.78, 5) is 43.6. The Balaban J connectivity index is 1.27. The van der Waals surface area contributed by atoms with Gasteiger partial charge in [0.25, 0.3) is 0 Å². The first-order valence-corrected chi connectivity index (χ1v) is 11.8. The molecule has 0 atom stereocenters. The molecule has 1 saturated heterocycles. The number of guanidine groups is 1. The zero-order chi connectivity index (χ0) is 23.4. The second-order valence-corrected chi connectivity index (χ2v) is 9.09. The van der Waals surface area contributed by atoms with Crippen molar-refractivity contribution in [3.05, 3.63) is 23.3 Å². The smallest absolute Gasteiger partial charge is 0.323 e. The van der Waals surface area contributed by atoms with Gasteiger partial charge >= 0.3 is 5.97 Å². The third-order valence-corrected chi connectivity index (χ3v) is 6.58. The number of unbranched alkanes of at least 4 members (excludes halogenated alkanes) is 1. The van der Waals surface area contributed by atoms with Crippen LogP contribution in [0.1, 0.15) is 62.5 Å². The summed E-state index contributed by atoms with van der Waals surface area (Å²) in [7, 11) is 0. The molecule has 1 aliphatic carbocycles. The number of aliphatic imine (C=N–C) groups is 1. The molecule has 0 aromatic heterocycles. The summed E-state index contributed by atoms with van der Waals surface area (Å²) >= 11 is 0. The number of rotatable bonds is 9. The van der Waals surface area contributed by atoms with Crippen LogP contribution in [0.4, 0.5) is 5.69 Å². The van der Waals surface area contributed by atoms with Crippen LogP contribution in [-0.4, -0.2) is 64.4 Å². The molecule has 2 amide bonds. The minimum atomic E-state index is -0.955. The number of hydrogen-bond acceptors (Lipinski definition) is 6. The van der Waals surface area contributed by atoms with Crippen LogP contribution < -0.4 is 10.1 Å². The lowest BCUT2D eigenvalue weighted by Gasteiger charge is -2.33. The summed E-state index contributed by atoms with van der Waals surface area (Å²) in [5.74, 6) is 0.230. The molecule has 9 heteroatoms. The van der Waals surface area contributed by atoms with E-state index in [-0.39, 0.29) is 24.4 Å². The van der Waals surface area contributed by atoms with Crippen molar-refractivity contribution in [3.63, 3.8) is 0 Å². The van der Waals surface area contributed by atoms with E-state index in [2.05, 4.69) is 10.3 Å². The second-order valence-electron chi connectivity index (χ2n) is 9.09. The van der Waals surface area contributed by atoms with Gasteiger partial charge < -0.3 is 19.6 Å². The number of carboxylic acid groups (broad SMARTS) is 1. The average Bonchev–Trinajstić information content (AvgIpc) is 3.15. The van der Waals surface area contributed by atoms with Gasteiger partial charge in [0.2, 0.25) is 17.8 Å². The van der Waals surface area contributed by atoms with E-state index in [1.807, 2.05) is 24.0 Å². The number of carbonyl (C=O) groups excluding carboxylic acids is 2. The van der Waals surface area contributed by atoms with Crippen molar-refractivity contribution in [1.82, 2.24) is 15.1 Å². The first-order chi connectivity index (χ1) is 15.9. The fourth-order valence-electron chi connectivity index (χ4n) is 4.85. The van der Waals surface area contributed by atoms with Gasteiger partial charge in [-0.25, -0.2) is 4.99 Å². The van der Waals surface area contributed by atoms with E-state index < -0.39 is 5.97 Å². The highest BCUT2D eigenvalue weighted by Crippen LogP contribution is 2.34. The fraction of sp³-hybridized carbons (Fsp3) is 0.583. The van der Waals surface area contributed by atoms with Gasteiger partial charge in [0, 0.05) is 30.6 Å². The third kappa shape index (κ3) is 5.64. The van der Waals surface area contributed by atoms with Crippen LogP contribution in [0.3, 0.4) is 0 Å². The van der Waals surface area contributed by atoms with Crippen molar-refractivity contribution in [3.8, 4) is 5.75 Å². The number of nitrogens with one attached hydrogen (secondary N) is 1. The number of benzene rings is 1. The molecule has 2 heterocycles. The highest BCUT2D eigenvalue weighted by molar-refractivity contribution is 6.05. The summed E-state index contributed by atoms with van der Waals surface area (Å²) in [6.45, 7) is 3.24. The predicted molar refractivity (Wildman–Crippen MR) is 122 cm³/mol. The van der Waals surface area contributed by atoms with Gasteiger partial charge in [0.15, 0.2) is 0 Å². The maximum atomic E-state index is 12.7. The zero-order valence-electron chi connectivity index (χ0n) is 19.1. The van der Waals surface area contributed by atoms with Gasteiger partial charge in [-0.1, -0.05) is 19.3 Å². The van der Waals surface area contributed by atoms with Crippen molar-refractivity contribution < 1.29 is 24.2 Å². The Morgan fingerprint density at radius 3 is 2.76 bits per heavy atom. The third-order valence-electron chi connectivity index (χ3n) is 6.58. The minimum Gasteiger partial charge on any atom is -0.494 e. The molecule has 1 saturated carbocycles. The second kappa shape index (κ2) is 10.2. The normalized spacial score (nSPS) is 17.7. The molecular formula is C24H32N4O5. The molecular weight excluding hydrogens is 424 g/mol. The largest absolute Gasteiger partial charge is 0.494 e. The average molecular weight is 457 g/mol. The number of aliphatic carboxylic acids is 1. The van der Waals surface area contributed by atoms with Gasteiger partial charge in [0.05, 0.1) is 12.3 Å². The first kappa shape index (κ1) is 23.1. The molecule has 2 aliphatic heterocycles. The summed E-state index contributed by atoms with van der Waals surface area (Å²) in [5.41, 5.74) is 2.97. The number of carboxylic acids is 1. The Hall–Kier alpha value is -3.10. The van der Waals surface area contributed by atoms with Crippen molar-refractivity contribution in [2.45, 2.75) is 70.9 Å². The van der Waals surface area contributed by atoms with Crippen molar-refractivity contribution in [2.75, 3.05) is 19.7 Å². The standard InChI is InChI=1S/C24H32N4O5/c1-16-11-18(12-20-19(16)13-27-14-21(29)26-24(27)25-20)33-10-6-5-9-22(30)28(15-23(31)32)17-7-3-2-4-8-17/h11-12,17H,2-10,13-15H2,1H3,(H,31,32)(H,25,26,29). The number of carbonyl (C=O) groups is 3. The highest BCUT2D eigenvalue weighted by atomic mass is 16.5. The van der Waals surface area contributed by atoms with Gasteiger partial charge in [-0.05, 0) is 44.2 Å². The molecule has 0 unspecified atom stereocenters. The van der Waals surface area contributed by atoms with Crippen molar-refractivity contribution in [2.24, 2.45) is 4.99 Å². The van der Waals surface area contributed by atoms with Crippen LogP contribution in [0.15, 0.2) is 17.1 Å². The van der Waals surface area contributed by atoms with Crippen LogP contribution in [0.2, 0.25) is 0 Å². The number of hydrogen-bond donors (Lipinski definition) is 2. The number of aryl methyl sites for hydroxylation is 1. The lowest BCUT2D eigenvalue weighted by atomic mass is 9.94. The first-order valence-electron chi connectivity index (χ1n) is 11.8. The SMILES string of the molecule is Cc1cc(OCCCCC(=O)N(CC(=O)O)C2CCCCC2)cc2c1CN1CC(=O)NC1=N2. The molecule has 178 valence electrons. The van der Waals surface area contributed by atoms with E-state index >= 15 is 0 Å². The molecule has 3 aliphatic rings. The monoisotopic (exact) mass is 456 g/mol. The Kier molecular flexibility index (Phi) is 7.15. The molecule has 1 aromatic carbocycles. The number of nitrogens with zero attached hydrogens (tertiary/aromatic N) is 3. The molecule has 9 nitrogen and oxygen atoms in total. The highest BCUT2D eigenvalue weighted by Gasteiger charge is 2.30. The van der Waals surface area contributed by atoms with Crippen molar-refractivity contribution in [1.29, 1.82) is 0 Å². The molecule has 33 heavy (non-hydrogen) atoms.